The number of hydrogen-bond donors (Lipinski definition) is 1. The topological polar surface area (TPSA) is 46.0 Å². The van der Waals surface area contributed by atoms with Crippen LogP contribution in [0.4, 0.5) is 5.13 Å². The van der Waals surface area contributed by atoms with Crippen LogP contribution in [0.1, 0.15) is 35.9 Å². The molecule has 0 aromatic carbocycles. The monoisotopic (exact) mass is 305 g/mol. The van der Waals surface area contributed by atoms with Crippen molar-refractivity contribution in [3.05, 3.63) is 28.5 Å². The maximum absolute atomic E-state index is 4.81. The van der Waals surface area contributed by atoms with Crippen LogP contribution in [0, 0.1) is 0 Å². The molecule has 0 amide bonds. The first kappa shape index (κ1) is 14.5. The van der Waals surface area contributed by atoms with E-state index >= 15 is 0 Å². The maximum Gasteiger partial charge on any atom is 0.185 e. The van der Waals surface area contributed by atoms with Crippen molar-refractivity contribution in [3.8, 4) is 0 Å². The summed E-state index contributed by atoms with van der Waals surface area (Å²) in [7, 11) is 4.05. The highest BCUT2D eigenvalue weighted by Gasteiger charge is 2.21. The summed E-state index contributed by atoms with van der Waals surface area (Å²) in [4.78, 5) is 8.40. The van der Waals surface area contributed by atoms with E-state index in [0.717, 1.165) is 30.7 Å². The lowest BCUT2D eigenvalue weighted by Crippen LogP contribution is -2.15. The van der Waals surface area contributed by atoms with Gasteiger partial charge >= 0.3 is 0 Å². The first-order chi connectivity index (χ1) is 10.2. The molecule has 0 radical (unpaired) electrons. The zero-order chi connectivity index (χ0) is 14.8. The molecule has 3 rings (SSSR count). The SMILES string of the molecule is CCc1nc(N(C)Cc2cnn(C)c2)sc1CNC1CC1. The molecular weight excluding hydrogens is 282 g/mol. The fourth-order valence-electron chi connectivity index (χ4n) is 2.37. The van der Waals surface area contributed by atoms with Crippen LogP contribution in [-0.2, 0) is 26.6 Å². The Morgan fingerprint density at radius 3 is 2.90 bits per heavy atom. The van der Waals surface area contributed by atoms with E-state index in [1.165, 1.54) is 29.0 Å². The van der Waals surface area contributed by atoms with Crippen LogP contribution in [0.3, 0.4) is 0 Å². The minimum atomic E-state index is 0.744. The van der Waals surface area contributed by atoms with Crippen molar-refractivity contribution in [1.82, 2.24) is 20.1 Å². The van der Waals surface area contributed by atoms with Crippen molar-refractivity contribution < 1.29 is 0 Å². The van der Waals surface area contributed by atoms with Gasteiger partial charge in [0.25, 0.3) is 0 Å². The quantitative estimate of drug-likeness (QED) is 0.853. The van der Waals surface area contributed by atoms with E-state index in [-0.39, 0.29) is 0 Å². The number of thiazole rings is 1. The Bertz CT molecular complexity index is 599. The van der Waals surface area contributed by atoms with Crippen LogP contribution >= 0.6 is 11.3 Å². The van der Waals surface area contributed by atoms with Crippen LogP contribution in [0.2, 0.25) is 0 Å². The highest BCUT2D eigenvalue weighted by molar-refractivity contribution is 7.15. The highest BCUT2D eigenvalue weighted by atomic mass is 32.1. The Morgan fingerprint density at radius 1 is 1.48 bits per heavy atom. The van der Waals surface area contributed by atoms with Crippen molar-refractivity contribution in [3.63, 3.8) is 0 Å². The van der Waals surface area contributed by atoms with E-state index in [1.54, 1.807) is 0 Å². The number of rotatable bonds is 7. The van der Waals surface area contributed by atoms with Gasteiger partial charge in [-0.2, -0.15) is 5.10 Å². The Balaban J connectivity index is 1.68. The highest BCUT2D eigenvalue weighted by Crippen LogP contribution is 2.28. The lowest BCUT2D eigenvalue weighted by molar-refractivity contribution is 0.689. The van der Waals surface area contributed by atoms with E-state index in [2.05, 4.69) is 35.5 Å². The summed E-state index contributed by atoms with van der Waals surface area (Å²) in [5.41, 5.74) is 2.45. The molecule has 21 heavy (non-hydrogen) atoms. The molecule has 0 spiro atoms. The molecule has 0 aliphatic heterocycles. The van der Waals surface area contributed by atoms with Crippen LogP contribution in [0.5, 0.6) is 0 Å². The van der Waals surface area contributed by atoms with Gasteiger partial charge in [0, 0.05) is 49.9 Å². The Labute approximate surface area is 130 Å². The largest absolute Gasteiger partial charge is 0.347 e. The third-order valence-corrected chi connectivity index (χ3v) is 4.95. The predicted octanol–water partition coefficient (Wildman–Crippen LogP) is 2.33. The molecule has 0 unspecified atom stereocenters. The first-order valence-electron chi connectivity index (χ1n) is 7.56. The van der Waals surface area contributed by atoms with Gasteiger partial charge in [-0.05, 0) is 19.3 Å². The summed E-state index contributed by atoms with van der Waals surface area (Å²) < 4.78 is 1.84. The van der Waals surface area contributed by atoms with Crippen LogP contribution in [0.25, 0.3) is 0 Å². The summed E-state index contributed by atoms with van der Waals surface area (Å²) >= 11 is 1.81. The van der Waals surface area contributed by atoms with Gasteiger partial charge in [0.2, 0.25) is 0 Å². The number of aromatic nitrogens is 3. The second-order valence-electron chi connectivity index (χ2n) is 5.75. The molecule has 1 saturated carbocycles. The summed E-state index contributed by atoms with van der Waals surface area (Å²) in [6.45, 7) is 3.99. The van der Waals surface area contributed by atoms with E-state index in [4.69, 9.17) is 4.98 Å². The Hall–Kier alpha value is -1.40. The van der Waals surface area contributed by atoms with Crippen LogP contribution < -0.4 is 10.2 Å². The van der Waals surface area contributed by atoms with E-state index in [1.807, 2.05) is 29.3 Å². The number of hydrogen-bond acceptors (Lipinski definition) is 5. The van der Waals surface area contributed by atoms with E-state index in [9.17, 15) is 0 Å². The van der Waals surface area contributed by atoms with Crippen molar-refractivity contribution in [2.24, 2.45) is 7.05 Å². The van der Waals surface area contributed by atoms with Crippen molar-refractivity contribution >= 4 is 16.5 Å². The molecule has 1 aliphatic carbocycles. The minimum absolute atomic E-state index is 0.744. The van der Waals surface area contributed by atoms with Gasteiger partial charge in [-0.3, -0.25) is 4.68 Å². The Kier molecular flexibility index (Phi) is 4.26. The van der Waals surface area contributed by atoms with Crippen LogP contribution in [0.15, 0.2) is 12.4 Å². The number of nitrogens with zero attached hydrogens (tertiary/aromatic N) is 4. The second kappa shape index (κ2) is 6.15. The average Bonchev–Trinajstić information content (AvgIpc) is 3.06. The summed E-state index contributed by atoms with van der Waals surface area (Å²) in [5, 5.41) is 8.91. The van der Waals surface area contributed by atoms with Crippen molar-refractivity contribution in [2.75, 3.05) is 11.9 Å². The fourth-order valence-corrected chi connectivity index (χ4v) is 3.43. The zero-order valence-electron chi connectivity index (χ0n) is 13.0. The maximum atomic E-state index is 4.81. The fraction of sp³-hybridized carbons (Fsp3) is 0.600. The molecule has 0 bridgehead atoms. The second-order valence-corrected chi connectivity index (χ2v) is 6.82. The lowest BCUT2D eigenvalue weighted by Gasteiger charge is -2.14. The molecule has 2 aromatic rings. The molecule has 5 nitrogen and oxygen atoms in total. The number of aryl methyl sites for hydroxylation is 2. The minimum Gasteiger partial charge on any atom is -0.347 e. The average molecular weight is 305 g/mol. The van der Waals surface area contributed by atoms with E-state index < -0.39 is 0 Å². The molecule has 1 N–H and O–H groups in total. The van der Waals surface area contributed by atoms with Gasteiger partial charge in [-0.15, -0.1) is 11.3 Å². The molecule has 114 valence electrons. The lowest BCUT2D eigenvalue weighted by atomic mass is 10.3. The molecular formula is C15H23N5S. The van der Waals surface area contributed by atoms with Gasteiger partial charge in [-0.1, -0.05) is 6.92 Å². The summed E-state index contributed by atoms with van der Waals surface area (Å²) in [6, 6.07) is 0.744. The molecule has 2 aromatic heterocycles. The standard InChI is InChI=1S/C15H23N5S/c1-4-13-14(8-16-12-5-6-12)21-15(18-13)19(2)9-11-7-17-20(3)10-11/h7,10,12,16H,4-6,8-9H2,1-3H3. The van der Waals surface area contributed by atoms with Gasteiger partial charge in [0.1, 0.15) is 0 Å². The van der Waals surface area contributed by atoms with Gasteiger partial charge in [0.15, 0.2) is 5.13 Å². The molecule has 6 heteroatoms. The van der Waals surface area contributed by atoms with Gasteiger partial charge in [0.05, 0.1) is 11.9 Å². The zero-order valence-corrected chi connectivity index (χ0v) is 13.8. The third-order valence-electron chi connectivity index (χ3n) is 3.74. The molecule has 1 fully saturated rings. The van der Waals surface area contributed by atoms with Gasteiger partial charge < -0.3 is 10.2 Å². The normalized spacial score (nSPS) is 14.6. The van der Waals surface area contributed by atoms with Crippen molar-refractivity contribution in [2.45, 2.75) is 45.3 Å². The smallest absolute Gasteiger partial charge is 0.185 e. The molecule has 1 aliphatic rings. The first-order valence-corrected chi connectivity index (χ1v) is 8.38. The summed E-state index contributed by atoms with van der Waals surface area (Å²) in [6.07, 6.45) is 7.63. The summed E-state index contributed by atoms with van der Waals surface area (Å²) in [5.74, 6) is 0. The number of nitrogens with one attached hydrogen (secondary N) is 1. The van der Waals surface area contributed by atoms with Crippen LogP contribution in [-0.4, -0.2) is 27.9 Å². The molecule has 0 saturated heterocycles. The molecule has 0 atom stereocenters. The molecule has 2 heterocycles. The number of anilines is 1. The predicted molar refractivity (Wildman–Crippen MR) is 86.7 cm³/mol. The third kappa shape index (κ3) is 3.63. The Morgan fingerprint density at radius 2 is 2.29 bits per heavy atom. The van der Waals surface area contributed by atoms with Crippen molar-refractivity contribution in [1.29, 1.82) is 0 Å². The van der Waals surface area contributed by atoms with E-state index in [0.29, 0.717) is 0 Å². The van der Waals surface area contributed by atoms with Gasteiger partial charge in [-0.25, -0.2) is 4.98 Å².